The smallest absolute Gasteiger partial charge is 0.131 e. The third-order valence-electron chi connectivity index (χ3n) is 3.68. The van der Waals surface area contributed by atoms with E-state index in [1.807, 2.05) is 13.0 Å². The predicted octanol–water partition coefficient (Wildman–Crippen LogP) is 3.10. The van der Waals surface area contributed by atoms with Crippen LogP contribution < -0.4 is 0 Å². The van der Waals surface area contributed by atoms with E-state index in [0.717, 1.165) is 35.1 Å². The average Bonchev–Trinajstić information content (AvgIpc) is 2.79. The number of hydrogen-bond acceptors (Lipinski definition) is 4. The van der Waals surface area contributed by atoms with Gasteiger partial charge in [-0.05, 0) is 43.5 Å². The van der Waals surface area contributed by atoms with E-state index in [1.165, 1.54) is 5.56 Å². The summed E-state index contributed by atoms with van der Waals surface area (Å²) in [5, 5.41) is 10.2. The Morgan fingerprint density at radius 3 is 3.00 bits per heavy atom. The monoisotopic (exact) mass is 277 g/mol. The normalized spacial score (nSPS) is 19.4. The maximum atomic E-state index is 13.4. The van der Waals surface area contributed by atoms with Crippen LogP contribution in [0.4, 0.5) is 4.39 Å². The lowest BCUT2D eigenvalue weighted by atomic mass is 9.93. The quantitative estimate of drug-likeness (QED) is 0.844. The largest absolute Gasteiger partial charge is 0.290 e. The van der Waals surface area contributed by atoms with Gasteiger partial charge in [-0.15, -0.1) is 21.5 Å². The molecule has 2 heterocycles. The van der Waals surface area contributed by atoms with Crippen molar-refractivity contribution in [2.45, 2.75) is 32.9 Å². The first-order valence-electron chi connectivity index (χ1n) is 6.45. The predicted molar refractivity (Wildman–Crippen MR) is 73.6 cm³/mol. The lowest BCUT2D eigenvalue weighted by Gasteiger charge is -2.34. The number of aromatic nitrogens is 2. The molecule has 0 radical (unpaired) electrons. The Bertz CT molecular complexity index is 596. The molecule has 1 aromatic carbocycles. The van der Waals surface area contributed by atoms with Crippen LogP contribution in [0.1, 0.15) is 34.1 Å². The van der Waals surface area contributed by atoms with Gasteiger partial charge in [-0.2, -0.15) is 0 Å². The molecule has 1 aliphatic heterocycles. The van der Waals surface area contributed by atoms with Gasteiger partial charge in [0, 0.05) is 12.6 Å². The molecule has 0 aliphatic carbocycles. The first-order valence-corrected chi connectivity index (χ1v) is 7.26. The van der Waals surface area contributed by atoms with Crippen LogP contribution in [0.25, 0.3) is 0 Å². The van der Waals surface area contributed by atoms with Crippen LogP contribution in [-0.4, -0.2) is 21.6 Å². The van der Waals surface area contributed by atoms with Gasteiger partial charge < -0.3 is 0 Å². The maximum Gasteiger partial charge on any atom is 0.131 e. The Balaban J connectivity index is 1.82. The van der Waals surface area contributed by atoms with Crippen molar-refractivity contribution in [1.82, 2.24) is 15.1 Å². The summed E-state index contributed by atoms with van der Waals surface area (Å²) in [6.45, 7) is 5.87. The summed E-state index contributed by atoms with van der Waals surface area (Å²) >= 11 is 1.63. The van der Waals surface area contributed by atoms with Crippen LogP contribution in [-0.2, 0) is 13.0 Å². The van der Waals surface area contributed by atoms with Crippen molar-refractivity contribution in [3.8, 4) is 0 Å². The minimum absolute atomic E-state index is 0.154. The van der Waals surface area contributed by atoms with Gasteiger partial charge in [-0.3, -0.25) is 4.90 Å². The number of aryl methyl sites for hydroxylation is 1. The third kappa shape index (κ3) is 2.53. The number of fused-ring (bicyclic) bond motifs is 1. The van der Waals surface area contributed by atoms with Crippen LogP contribution in [0.3, 0.4) is 0 Å². The molecule has 19 heavy (non-hydrogen) atoms. The number of halogens is 1. The van der Waals surface area contributed by atoms with Crippen LogP contribution in [0, 0.1) is 12.7 Å². The molecular weight excluding hydrogens is 261 g/mol. The van der Waals surface area contributed by atoms with E-state index in [-0.39, 0.29) is 11.9 Å². The molecule has 0 spiro atoms. The molecule has 0 saturated heterocycles. The van der Waals surface area contributed by atoms with Crippen LogP contribution in [0.5, 0.6) is 0 Å². The Labute approximate surface area is 116 Å². The molecule has 100 valence electrons. The van der Waals surface area contributed by atoms with E-state index >= 15 is 0 Å². The van der Waals surface area contributed by atoms with Crippen LogP contribution in [0.2, 0.25) is 0 Å². The Hall–Kier alpha value is -1.33. The zero-order chi connectivity index (χ0) is 13.4. The summed E-state index contributed by atoms with van der Waals surface area (Å²) in [4.78, 5) is 2.34. The highest BCUT2D eigenvalue weighted by Crippen LogP contribution is 2.31. The zero-order valence-electron chi connectivity index (χ0n) is 11.1. The lowest BCUT2D eigenvalue weighted by molar-refractivity contribution is 0.188. The molecular formula is C14H16FN3S. The van der Waals surface area contributed by atoms with Crippen molar-refractivity contribution in [3.63, 3.8) is 0 Å². The van der Waals surface area contributed by atoms with E-state index in [1.54, 1.807) is 23.5 Å². The van der Waals surface area contributed by atoms with E-state index < -0.39 is 0 Å². The van der Waals surface area contributed by atoms with E-state index in [4.69, 9.17) is 0 Å². The molecule has 0 fully saturated rings. The van der Waals surface area contributed by atoms with Crippen molar-refractivity contribution >= 4 is 11.3 Å². The van der Waals surface area contributed by atoms with Gasteiger partial charge in [0.15, 0.2) is 0 Å². The molecule has 5 heteroatoms. The van der Waals surface area contributed by atoms with Gasteiger partial charge in [0.05, 0.1) is 6.54 Å². The molecule has 3 nitrogen and oxygen atoms in total. The van der Waals surface area contributed by atoms with Crippen LogP contribution >= 0.6 is 11.3 Å². The van der Waals surface area contributed by atoms with Crippen molar-refractivity contribution in [2.24, 2.45) is 0 Å². The van der Waals surface area contributed by atoms with Crippen molar-refractivity contribution in [3.05, 3.63) is 45.2 Å². The molecule has 0 saturated carbocycles. The first kappa shape index (κ1) is 12.7. The Kier molecular flexibility index (Phi) is 3.33. The van der Waals surface area contributed by atoms with E-state index in [0.29, 0.717) is 0 Å². The van der Waals surface area contributed by atoms with Crippen molar-refractivity contribution in [2.75, 3.05) is 6.54 Å². The first-order chi connectivity index (χ1) is 9.13. The molecule has 2 aromatic rings. The Morgan fingerprint density at radius 1 is 1.42 bits per heavy atom. The molecule has 0 bridgehead atoms. The molecule has 0 amide bonds. The van der Waals surface area contributed by atoms with E-state index in [9.17, 15) is 4.39 Å². The molecule has 1 atom stereocenters. The number of benzene rings is 1. The molecule has 1 aliphatic rings. The summed E-state index contributed by atoms with van der Waals surface area (Å²) in [6.07, 6.45) is 0.970. The highest BCUT2D eigenvalue weighted by Gasteiger charge is 2.24. The fourth-order valence-electron chi connectivity index (χ4n) is 2.63. The van der Waals surface area contributed by atoms with Crippen molar-refractivity contribution in [1.29, 1.82) is 0 Å². The topological polar surface area (TPSA) is 29.0 Å². The number of hydrogen-bond donors (Lipinski definition) is 0. The lowest BCUT2D eigenvalue weighted by Crippen LogP contribution is -2.33. The van der Waals surface area contributed by atoms with Gasteiger partial charge in [-0.1, -0.05) is 6.07 Å². The van der Waals surface area contributed by atoms with Gasteiger partial charge in [0.1, 0.15) is 15.8 Å². The van der Waals surface area contributed by atoms with E-state index in [2.05, 4.69) is 22.0 Å². The van der Waals surface area contributed by atoms with Gasteiger partial charge in [0.25, 0.3) is 0 Å². The summed E-state index contributed by atoms with van der Waals surface area (Å²) in [5.41, 5.74) is 2.37. The second-order valence-corrected chi connectivity index (χ2v) is 6.22. The summed E-state index contributed by atoms with van der Waals surface area (Å²) in [6, 6.07) is 5.35. The summed E-state index contributed by atoms with van der Waals surface area (Å²) in [7, 11) is 0. The zero-order valence-corrected chi connectivity index (χ0v) is 11.9. The molecule has 3 rings (SSSR count). The average molecular weight is 277 g/mol. The standard InChI is InChI=1S/C14H16FN3S/c1-9-13-7-12(15)4-3-11(13)5-6-18(9)8-14-17-16-10(2)19-14/h3-4,7,9H,5-6,8H2,1-2H3/t9-/m0/s1. The maximum absolute atomic E-state index is 13.4. The number of nitrogens with zero attached hydrogens (tertiary/aromatic N) is 3. The highest BCUT2D eigenvalue weighted by molar-refractivity contribution is 7.11. The van der Waals surface area contributed by atoms with Crippen molar-refractivity contribution < 1.29 is 4.39 Å². The SMILES string of the molecule is Cc1nnc(CN2CCc3ccc(F)cc3[C@@H]2C)s1. The summed E-state index contributed by atoms with van der Waals surface area (Å²) in [5.74, 6) is -0.154. The highest BCUT2D eigenvalue weighted by atomic mass is 32.1. The van der Waals surface area contributed by atoms with Gasteiger partial charge >= 0.3 is 0 Å². The van der Waals surface area contributed by atoms with Gasteiger partial charge in [-0.25, -0.2) is 4.39 Å². The summed E-state index contributed by atoms with van der Waals surface area (Å²) < 4.78 is 13.4. The molecule has 1 aromatic heterocycles. The van der Waals surface area contributed by atoms with Gasteiger partial charge in [0.2, 0.25) is 0 Å². The second kappa shape index (κ2) is 4.98. The minimum atomic E-state index is -0.154. The fraction of sp³-hybridized carbons (Fsp3) is 0.429. The second-order valence-electron chi connectivity index (χ2n) is 4.95. The third-order valence-corrected chi connectivity index (χ3v) is 4.50. The molecule has 0 unspecified atom stereocenters. The number of rotatable bonds is 2. The molecule has 0 N–H and O–H groups in total. The minimum Gasteiger partial charge on any atom is -0.290 e. The fourth-order valence-corrected chi connectivity index (χ4v) is 3.36. The Morgan fingerprint density at radius 2 is 2.26 bits per heavy atom. The van der Waals surface area contributed by atoms with Crippen LogP contribution in [0.15, 0.2) is 18.2 Å².